The SMILES string of the molecule is COc1ccccc1CN(C(=O)NCCc1ccc(-n2cccn2)cc1)C1CC1. The molecular formula is C23H26N4O2. The summed E-state index contributed by atoms with van der Waals surface area (Å²) in [7, 11) is 1.66. The Morgan fingerprint density at radius 3 is 2.66 bits per heavy atom. The fourth-order valence-corrected chi connectivity index (χ4v) is 3.42. The smallest absolute Gasteiger partial charge is 0.317 e. The van der Waals surface area contributed by atoms with Crippen LogP contribution in [0.3, 0.4) is 0 Å². The van der Waals surface area contributed by atoms with Crippen molar-refractivity contribution in [2.45, 2.75) is 31.8 Å². The number of hydrogen-bond donors (Lipinski definition) is 1. The number of nitrogens with zero attached hydrogens (tertiary/aromatic N) is 3. The molecule has 4 rings (SSSR count). The predicted molar refractivity (Wildman–Crippen MR) is 112 cm³/mol. The van der Waals surface area contributed by atoms with E-state index in [4.69, 9.17) is 4.74 Å². The van der Waals surface area contributed by atoms with Crippen LogP contribution in [-0.2, 0) is 13.0 Å². The molecule has 0 aliphatic heterocycles. The molecule has 0 bridgehead atoms. The maximum absolute atomic E-state index is 12.8. The van der Waals surface area contributed by atoms with Crippen molar-refractivity contribution in [3.63, 3.8) is 0 Å². The Labute approximate surface area is 171 Å². The lowest BCUT2D eigenvalue weighted by Crippen LogP contribution is -2.41. The van der Waals surface area contributed by atoms with E-state index in [1.165, 1.54) is 5.56 Å². The van der Waals surface area contributed by atoms with E-state index in [-0.39, 0.29) is 6.03 Å². The van der Waals surface area contributed by atoms with Crippen LogP contribution in [0.2, 0.25) is 0 Å². The van der Waals surface area contributed by atoms with Crippen molar-refractivity contribution in [2.24, 2.45) is 0 Å². The van der Waals surface area contributed by atoms with Gasteiger partial charge in [-0.1, -0.05) is 30.3 Å². The molecule has 1 aliphatic carbocycles. The van der Waals surface area contributed by atoms with Crippen molar-refractivity contribution in [1.82, 2.24) is 20.0 Å². The van der Waals surface area contributed by atoms with E-state index in [9.17, 15) is 4.79 Å². The molecule has 2 aromatic carbocycles. The number of carbonyl (C=O) groups is 1. The van der Waals surface area contributed by atoms with Crippen molar-refractivity contribution in [3.05, 3.63) is 78.1 Å². The van der Waals surface area contributed by atoms with Gasteiger partial charge in [0.1, 0.15) is 5.75 Å². The molecule has 0 saturated heterocycles. The molecule has 6 heteroatoms. The number of carbonyl (C=O) groups excluding carboxylic acids is 1. The summed E-state index contributed by atoms with van der Waals surface area (Å²) in [6.07, 6.45) is 6.61. The molecule has 1 aliphatic rings. The van der Waals surface area contributed by atoms with Gasteiger partial charge >= 0.3 is 6.03 Å². The lowest BCUT2D eigenvalue weighted by molar-refractivity contribution is 0.191. The Balaban J connectivity index is 1.32. The molecule has 0 spiro atoms. The van der Waals surface area contributed by atoms with Crippen LogP contribution in [-0.4, -0.2) is 40.4 Å². The number of amides is 2. The summed E-state index contributed by atoms with van der Waals surface area (Å²) in [5.74, 6) is 0.822. The summed E-state index contributed by atoms with van der Waals surface area (Å²) in [6.45, 7) is 1.17. The van der Waals surface area contributed by atoms with Crippen LogP contribution in [0.5, 0.6) is 5.75 Å². The fourth-order valence-electron chi connectivity index (χ4n) is 3.42. The number of nitrogens with one attached hydrogen (secondary N) is 1. The van der Waals surface area contributed by atoms with Crippen molar-refractivity contribution in [1.29, 1.82) is 0 Å². The molecule has 6 nitrogen and oxygen atoms in total. The highest BCUT2D eigenvalue weighted by molar-refractivity contribution is 5.75. The molecule has 0 unspecified atom stereocenters. The Morgan fingerprint density at radius 1 is 1.17 bits per heavy atom. The van der Waals surface area contributed by atoms with Gasteiger partial charge in [0.25, 0.3) is 0 Å². The molecule has 1 aromatic heterocycles. The molecule has 1 heterocycles. The fraction of sp³-hybridized carbons (Fsp3) is 0.304. The zero-order valence-corrected chi connectivity index (χ0v) is 16.6. The van der Waals surface area contributed by atoms with E-state index in [1.807, 2.05) is 58.2 Å². The summed E-state index contributed by atoms with van der Waals surface area (Å²) in [6, 6.07) is 18.3. The third-order valence-electron chi connectivity index (χ3n) is 5.18. The summed E-state index contributed by atoms with van der Waals surface area (Å²) >= 11 is 0. The van der Waals surface area contributed by atoms with Crippen molar-refractivity contribution >= 4 is 6.03 Å². The molecule has 0 atom stereocenters. The zero-order valence-electron chi connectivity index (χ0n) is 16.6. The monoisotopic (exact) mass is 390 g/mol. The number of para-hydroxylation sites is 1. The van der Waals surface area contributed by atoms with Gasteiger partial charge in [0.15, 0.2) is 0 Å². The first-order valence-corrected chi connectivity index (χ1v) is 10.00. The number of methoxy groups -OCH3 is 1. The van der Waals surface area contributed by atoms with Gasteiger partial charge in [0.05, 0.1) is 19.3 Å². The van der Waals surface area contributed by atoms with E-state index in [0.717, 1.165) is 36.3 Å². The van der Waals surface area contributed by atoms with E-state index >= 15 is 0 Å². The van der Waals surface area contributed by atoms with Gasteiger partial charge in [-0.3, -0.25) is 0 Å². The molecule has 1 saturated carbocycles. The largest absolute Gasteiger partial charge is 0.496 e. The van der Waals surface area contributed by atoms with Crippen molar-refractivity contribution < 1.29 is 9.53 Å². The quantitative estimate of drug-likeness (QED) is 0.636. The summed E-state index contributed by atoms with van der Waals surface area (Å²) in [4.78, 5) is 14.7. The van der Waals surface area contributed by atoms with E-state index in [1.54, 1.807) is 13.3 Å². The first kappa shape index (κ1) is 19.1. The van der Waals surface area contributed by atoms with Crippen molar-refractivity contribution in [3.8, 4) is 11.4 Å². The topological polar surface area (TPSA) is 59.4 Å². The Morgan fingerprint density at radius 2 is 1.97 bits per heavy atom. The van der Waals surface area contributed by atoms with Crippen LogP contribution in [0.15, 0.2) is 67.0 Å². The average molecular weight is 390 g/mol. The first-order chi connectivity index (χ1) is 14.2. The highest BCUT2D eigenvalue weighted by Gasteiger charge is 2.32. The Kier molecular flexibility index (Phi) is 5.79. The molecule has 150 valence electrons. The lowest BCUT2D eigenvalue weighted by Gasteiger charge is -2.24. The van der Waals surface area contributed by atoms with Crippen LogP contribution in [0.1, 0.15) is 24.0 Å². The number of ether oxygens (including phenoxy) is 1. The van der Waals surface area contributed by atoms with Gasteiger partial charge < -0.3 is 15.0 Å². The molecule has 2 amide bonds. The number of benzene rings is 2. The van der Waals surface area contributed by atoms with E-state index < -0.39 is 0 Å². The normalized spacial score (nSPS) is 13.1. The van der Waals surface area contributed by atoms with Gasteiger partial charge in [-0.15, -0.1) is 0 Å². The van der Waals surface area contributed by atoms with Gasteiger partial charge in [0.2, 0.25) is 0 Å². The van der Waals surface area contributed by atoms with Crippen LogP contribution < -0.4 is 10.1 Å². The third kappa shape index (κ3) is 4.77. The van der Waals surface area contributed by atoms with Crippen LogP contribution >= 0.6 is 0 Å². The van der Waals surface area contributed by atoms with Gasteiger partial charge in [-0.25, -0.2) is 9.48 Å². The summed E-state index contributed by atoms with van der Waals surface area (Å²) in [5.41, 5.74) is 3.25. The molecule has 1 fully saturated rings. The van der Waals surface area contributed by atoms with Crippen LogP contribution in [0, 0.1) is 0 Å². The maximum atomic E-state index is 12.8. The lowest BCUT2D eigenvalue weighted by atomic mass is 10.1. The minimum atomic E-state index is -0.00781. The second kappa shape index (κ2) is 8.82. The van der Waals surface area contributed by atoms with Crippen LogP contribution in [0.25, 0.3) is 5.69 Å². The van der Waals surface area contributed by atoms with Crippen molar-refractivity contribution in [2.75, 3.05) is 13.7 Å². The molecule has 29 heavy (non-hydrogen) atoms. The third-order valence-corrected chi connectivity index (χ3v) is 5.18. The van der Waals surface area contributed by atoms with Crippen LogP contribution in [0.4, 0.5) is 4.79 Å². The van der Waals surface area contributed by atoms with E-state index in [2.05, 4.69) is 22.5 Å². The highest BCUT2D eigenvalue weighted by atomic mass is 16.5. The predicted octanol–water partition coefficient (Wildman–Crippen LogP) is 3.80. The summed E-state index contributed by atoms with van der Waals surface area (Å²) in [5, 5.41) is 7.32. The number of urea groups is 1. The summed E-state index contributed by atoms with van der Waals surface area (Å²) < 4.78 is 7.27. The van der Waals surface area contributed by atoms with Gasteiger partial charge in [-0.05, 0) is 49.1 Å². The Hall–Kier alpha value is -3.28. The molecule has 3 aromatic rings. The van der Waals surface area contributed by atoms with Gasteiger partial charge in [0, 0.05) is 30.5 Å². The highest BCUT2D eigenvalue weighted by Crippen LogP contribution is 2.30. The second-order valence-corrected chi connectivity index (χ2v) is 7.27. The maximum Gasteiger partial charge on any atom is 0.317 e. The number of hydrogen-bond acceptors (Lipinski definition) is 3. The first-order valence-electron chi connectivity index (χ1n) is 10.00. The minimum Gasteiger partial charge on any atom is -0.496 e. The zero-order chi connectivity index (χ0) is 20.1. The number of rotatable bonds is 8. The minimum absolute atomic E-state index is 0.00781. The molecule has 0 radical (unpaired) electrons. The van der Waals surface area contributed by atoms with Gasteiger partial charge in [-0.2, -0.15) is 5.10 Å². The number of aromatic nitrogens is 2. The Bertz CT molecular complexity index is 934. The average Bonchev–Trinajstić information content (AvgIpc) is 3.45. The molecule has 1 N–H and O–H groups in total. The van der Waals surface area contributed by atoms with E-state index in [0.29, 0.717) is 19.1 Å². The standard InChI is InChI=1S/C23H26N4O2/c1-29-22-6-3-2-5-19(22)17-26(20-11-12-20)23(28)24-15-13-18-7-9-21(10-8-18)27-16-4-14-25-27/h2-10,14,16,20H,11-13,15,17H2,1H3,(H,24,28). The second-order valence-electron chi connectivity index (χ2n) is 7.27. The molecular weight excluding hydrogens is 364 g/mol.